The zero-order valence-corrected chi connectivity index (χ0v) is 20.4. The maximum Gasteiger partial charge on any atom is 1.00 e. The second-order valence-corrected chi connectivity index (χ2v) is 7.23. The van der Waals surface area contributed by atoms with Crippen LogP contribution in [0.3, 0.4) is 0 Å². The van der Waals surface area contributed by atoms with Crippen LogP contribution in [-0.4, -0.2) is 6.26 Å². The first kappa shape index (κ1) is 22.5. The molecule has 0 aromatic heterocycles. The zero-order valence-electron chi connectivity index (χ0n) is 16.5. The summed E-state index contributed by atoms with van der Waals surface area (Å²) in [6.45, 7) is 4.13. The van der Waals surface area contributed by atoms with Gasteiger partial charge in [-0.2, -0.15) is 0 Å². The van der Waals surface area contributed by atoms with Crippen molar-refractivity contribution < 1.29 is 56.5 Å². The molecule has 0 saturated heterocycles. The van der Waals surface area contributed by atoms with Gasteiger partial charge in [-0.15, -0.1) is 11.8 Å². The van der Waals surface area contributed by atoms with E-state index in [1.165, 1.54) is 22.9 Å². The summed E-state index contributed by atoms with van der Waals surface area (Å²) in [4.78, 5) is 0.822. The van der Waals surface area contributed by atoms with Crippen LogP contribution in [0.2, 0.25) is 0 Å². The SMILES string of the molecule is CCc1cc(-c2ccc(/C=C/c3ccc(C)cc3)cc2)cc(SC)c1[O-].[K+]. The predicted octanol–water partition coefficient (Wildman–Crippen LogP) is 3.19. The predicted molar refractivity (Wildman–Crippen MR) is 113 cm³/mol. The van der Waals surface area contributed by atoms with Crippen molar-refractivity contribution in [2.75, 3.05) is 6.26 Å². The largest absolute Gasteiger partial charge is 1.00 e. The molecule has 0 radical (unpaired) electrons. The Morgan fingerprint density at radius 2 is 1.41 bits per heavy atom. The second-order valence-electron chi connectivity index (χ2n) is 6.39. The average molecular weight is 399 g/mol. The molecule has 3 heteroatoms. The van der Waals surface area contributed by atoms with Crippen LogP contribution in [0.4, 0.5) is 0 Å². The van der Waals surface area contributed by atoms with Crippen molar-refractivity contribution in [1.82, 2.24) is 0 Å². The Labute approximate surface area is 209 Å². The molecule has 0 aliphatic rings. The van der Waals surface area contributed by atoms with Gasteiger partial charge in [-0.1, -0.05) is 90.5 Å². The third-order valence-corrected chi connectivity index (χ3v) is 5.27. The van der Waals surface area contributed by atoms with E-state index in [0.717, 1.165) is 33.6 Å². The van der Waals surface area contributed by atoms with Crippen LogP contribution in [0.25, 0.3) is 23.3 Å². The minimum Gasteiger partial charge on any atom is -0.872 e. The maximum absolute atomic E-state index is 12.3. The second kappa shape index (κ2) is 10.7. The molecule has 0 amide bonds. The van der Waals surface area contributed by atoms with Crippen molar-refractivity contribution >= 4 is 23.9 Å². The molecule has 0 fully saturated rings. The quantitative estimate of drug-likeness (QED) is 0.374. The summed E-state index contributed by atoms with van der Waals surface area (Å²) in [6, 6.07) is 21.0. The number of rotatable bonds is 5. The molecule has 0 heterocycles. The van der Waals surface area contributed by atoms with Crippen molar-refractivity contribution in [1.29, 1.82) is 0 Å². The minimum absolute atomic E-state index is 0. The smallest absolute Gasteiger partial charge is 0.872 e. The molecular formula is C24H23KOS. The topological polar surface area (TPSA) is 23.1 Å². The van der Waals surface area contributed by atoms with E-state index in [2.05, 4.69) is 67.6 Å². The third-order valence-electron chi connectivity index (χ3n) is 4.52. The zero-order chi connectivity index (χ0) is 18.5. The minimum atomic E-state index is 0. The molecule has 0 unspecified atom stereocenters. The van der Waals surface area contributed by atoms with Gasteiger partial charge in [0.2, 0.25) is 0 Å². The van der Waals surface area contributed by atoms with E-state index in [1.54, 1.807) is 0 Å². The molecule has 0 atom stereocenters. The van der Waals surface area contributed by atoms with Gasteiger partial charge < -0.3 is 5.11 Å². The molecule has 0 aliphatic carbocycles. The van der Waals surface area contributed by atoms with Gasteiger partial charge in [0.1, 0.15) is 0 Å². The van der Waals surface area contributed by atoms with Gasteiger partial charge in [0.05, 0.1) is 0 Å². The summed E-state index contributed by atoms with van der Waals surface area (Å²) in [5.41, 5.74) is 6.77. The van der Waals surface area contributed by atoms with Gasteiger partial charge in [0.15, 0.2) is 0 Å². The molecular weight excluding hydrogens is 375 g/mol. The molecule has 0 saturated carbocycles. The van der Waals surface area contributed by atoms with Gasteiger partial charge in [0.25, 0.3) is 0 Å². The van der Waals surface area contributed by atoms with Crippen LogP contribution in [0.5, 0.6) is 5.75 Å². The molecule has 0 spiro atoms. The Hall–Kier alpha value is -0.814. The Morgan fingerprint density at radius 3 is 1.93 bits per heavy atom. The van der Waals surface area contributed by atoms with E-state index in [1.807, 2.05) is 25.3 Å². The molecule has 132 valence electrons. The summed E-state index contributed by atoms with van der Waals surface area (Å²) in [5, 5.41) is 12.3. The van der Waals surface area contributed by atoms with E-state index in [-0.39, 0.29) is 57.1 Å². The van der Waals surface area contributed by atoms with Crippen molar-refractivity contribution in [2.24, 2.45) is 0 Å². The Bertz CT molecular complexity index is 887. The summed E-state index contributed by atoms with van der Waals surface area (Å²) in [7, 11) is 0. The first-order chi connectivity index (χ1) is 12.6. The number of hydrogen-bond acceptors (Lipinski definition) is 2. The first-order valence-corrected chi connectivity index (χ1v) is 10.1. The monoisotopic (exact) mass is 398 g/mol. The summed E-state index contributed by atoms with van der Waals surface area (Å²) in [5.74, 6) is 0.168. The Kier molecular flexibility index (Phi) is 8.87. The van der Waals surface area contributed by atoms with Gasteiger partial charge in [-0.25, -0.2) is 0 Å². The normalized spacial score (nSPS) is 10.8. The van der Waals surface area contributed by atoms with E-state index in [9.17, 15) is 5.11 Å². The van der Waals surface area contributed by atoms with Crippen molar-refractivity contribution in [3.63, 3.8) is 0 Å². The Morgan fingerprint density at radius 1 is 0.852 bits per heavy atom. The summed E-state index contributed by atoms with van der Waals surface area (Å²) in [6.07, 6.45) is 6.97. The van der Waals surface area contributed by atoms with Gasteiger partial charge >= 0.3 is 51.4 Å². The molecule has 27 heavy (non-hydrogen) atoms. The van der Waals surface area contributed by atoms with E-state index < -0.39 is 0 Å². The maximum atomic E-state index is 12.3. The summed E-state index contributed by atoms with van der Waals surface area (Å²) >= 11 is 1.52. The van der Waals surface area contributed by atoms with E-state index >= 15 is 0 Å². The van der Waals surface area contributed by atoms with Gasteiger partial charge in [-0.3, -0.25) is 0 Å². The number of thioether (sulfide) groups is 1. The van der Waals surface area contributed by atoms with Crippen LogP contribution in [0.15, 0.2) is 65.6 Å². The van der Waals surface area contributed by atoms with Crippen LogP contribution in [-0.2, 0) is 6.42 Å². The van der Waals surface area contributed by atoms with Crippen LogP contribution < -0.4 is 56.5 Å². The standard InChI is InChI=1S/C24H24OS.K/c1-4-20-15-22(16-23(26-3)24(20)25)21-13-11-19(12-14-21)10-9-18-7-5-17(2)6-8-18;/h5-16,25H,4H2,1-3H3;/q;+1/p-1/b10-9+;. The van der Waals surface area contributed by atoms with Crippen molar-refractivity contribution in [3.05, 3.63) is 82.9 Å². The fourth-order valence-electron chi connectivity index (χ4n) is 2.90. The van der Waals surface area contributed by atoms with Crippen LogP contribution in [0, 0.1) is 6.92 Å². The van der Waals surface area contributed by atoms with Gasteiger partial charge in [0, 0.05) is 0 Å². The van der Waals surface area contributed by atoms with Gasteiger partial charge in [-0.05, 0) is 52.8 Å². The van der Waals surface area contributed by atoms with Crippen molar-refractivity contribution in [2.45, 2.75) is 25.2 Å². The number of hydrogen-bond donors (Lipinski definition) is 0. The average Bonchev–Trinajstić information content (AvgIpc) is 2.68. The molecule has 0 N–H and O–H groups in total. The van der Waals surface area contributed by atoms with Crippen LogP contribution >= 0.6 is 11.8 Å². The fraction of sp³-hybridized carbons (Fsp3) is 0.167. The Balaban J connectivity index is 0.00000261. The summed E-state index contributed by atoms with van der Waals surface area (Å²) < 4.78 is 0. The molecule has 3 aromatic rings. The van der Waals surface area contributed by atoms with E-state index in [0.29, 0.717) is 0 Å². The van der Waals surface area contributed by atoms with Crippen molar-refractivity contribution in [3.8, 4) is 16.9 Å². The number of benzene rings is 3. The number of aryl methyl sites for hydroxylation is 2. The van der Waals surface area contributed by atoms with E-state index in [4.69, 9.17) is 0 Å². The van der Waals surface area contributed by atoms with Crippen LogP contribution in [0.1, 0.15) is 29.2 Å². The fourth-order valence-corrected chi connectivity index (χ4v) is 3.46. The molecule has 0 bridgehead atoms. The molecule has 0 aliphatic heterocycles. The molecule has 1 nitrogen and oxygen atoms in total. The first-order valence-electron chi connectivity index (χ1n) is 8.84. The third kappa shape index (κ3) is 5.83. The molecule has 3 rings (SSSR count). The molecule has 3 aromatic carbocycles.